The Morgan fingerprint density at radius 1 is 1.42 bits per heavy atom. The molecule has 0 fully saturated rings. The second kappa shape index (κ2) is 7.39. The second-order valence-corrected chi connectivity index (χ2v) is 4.29. The Morgan fingerprint density at radius 2 is 2.11 bits per heavy atom. The van der Waals surface area contributed by atoms with Gasteiger partial charge in [0.05, 0.1) is 29.6 Å². The molecule has 6 heteroatoms. The molecule has 0 aliphatic rings. The maximum absolute atomic E-state index is 11.8. The molecule has 0 radical (unpaired) electrons. The first-order chi connectivity index (χ1) is 9.06. The Balaban J connectivity index is 2.49. The van der Waals surface area contributed by atoms with Crippen LogP contribution < -0.4 is 5.32 Å². The Kier molecular flexibility index (Phi) is 5.83. The first kappa shape index (κ1) is 15.0. The standard InChI is InChI=1S/C13H14ClN3O2/c1-17(8-4-7-15)12(18)9-16-13(19)10-5-2-3-6-11(10)14/h2-3,5-6H,4,8-9H2,1H3,(H,16,19). The lowest BCUT2D eigenvalue weighted by molar-refractivity contribution is -0.128. The minimum atomic E-state index is -0.396. The highest BCUT2D eigenvalue weighted by Gasteiger charge is 2.13. The van der Waals surface area contributed by atoms with Gasteiger partial charge in [0.15, 0.2) is 0 Å². The maximum atomic E-state index is 11.8. The third kappa shape index (κ3) is 4.60. The van der Waals surface area contributed by atoms with E-state index in [1.54, 1.807) is 31.3 Å². The molecule has 0 bridgehead atoms. The highest BCUT2D eigenvalue weighted by molar-refractivity contribution is 6.33. The summed E-state index contributed by atoms with van der Waals surface area (Å²) in [7, 11) is 1.58. The van der Waals surface area contributed by atoms with Gasteiger partial charge in [0.25, 0.3) is 5.91 Å². The smallest absolute Gasteiger partial charge is 0.253 e. The number of likely N-dealkylation sites (N-methyl/N-ethyl adjacent to an activating group) is 1. The Morgan fingerprint density at radius 3 is 2.74 bits per heavy atom. The predicted octanol–water partition coefficient (Wildman–Crippen LogP) is 1.44. The van der Waals surface area contributed by atoms with Crippen LogP contribution in [0.5, 0.6) is 0 Å². The summed E-state index contributed by atoms with van der Waals surface area (Å²) in [5.41, 5.74) is 0.330. The van der Waals surface area contributed by atoms with Crippen molar-refractivity contribution in [3.05, 3.63) is 34.9 Å². The summed E-state index contributed by atoms with van der Waals surface area (Å²) in [6, 6.07) is 8.56. The van der Waals surface area contributed by atoms with E-state index in [-0.39, 0.29) is 18.9 Å². The fourth-order valence-electron chi connectivity index (χ4n) is 1.37. The van der Waals surface area contributed by atoms with E-state index >= 15 is 0 Å². The summed E-state index contributed by atoms with van der Waals surface area (Å²) in [6.45, 7) is 0.225. The van der Waals surface area contributed by atoms with Gasteiger partial charge in [-0.15, -0.1) is 0 Å². The SMILES string of the molecule is CN(CCC#N)C(=O)CNC(=O)c1ccccc1Cl. The lowest BCUT2D eigenvalue weighted by Gasteiger charge is -2.15. The maximum Gasteiger partial charge on any atom is 0.253 e. The molecule has 1 aromatic rings. The van der Waals surface area contributed by atoms with Gasteiger partial charge in [0.2, 0.25) is 5.91 Å². The van der Waals surface area contributed by atoms with Crippen LogP contribution in [0.2, 0.25) is 5.02 Å². The molecule has 1 rings (SSSR count). The number of nitrogens with one attached hydrogen (secondary N) is 1. The van der Waals surface area contributed by atoms with Gasteiger partial charge < -0.3 is 10.2 Å². The van der Waals surface area contributed by atoms with Crippen LogP contribution in [0, 0.1) is 11.3 Å². The molecule has 0 heterocycles. The molecule has 5 nitrogen and oxygen atoms in total. The molecule has 0 unspecified atom stereocenters. The van der Waals surface area contributed by atoms with Crippen LogP contribution in [-0.4, -0.2) is 36.9 Å². The number of hydrogen-bond donors (Lipinski definition) is 1. The van der Waals surface area contributed by atoms with Crippen molar-refractivity contribution in [2.24, 2.45) is 0 Å². The molecule has 19 heavy (non-hydrogen) atoms. The van der Waals surface area contributed by atoms with Crippen molar-refractivity contribution in [3.63, 3.8) is 0 Å². The number of rotatable bonds is 5. The number of nitrogens with zero attached hydrogens (tertiary/aromatic N) is 2. The van der Waals surface area contributed by atoms with Gasteiger partial charge >= 0.3 is 0 Å². The molecule has 0 aromatic heterocycles. The minimum Gasteiger partial charge on any atom is -0.343 e. The normalized spacial score (nSPS) is 9.53. The molecule has 0 aliphatic heterocycles. The monoisotopic (exact) mass is 279 g/mol. The molecular formula is C13H14ClN3O2. The van der Waals surface area contributed by atoms with E-state index in [0.29, 0.717) is 17.1 Å². The number of amides is 2. The van der Waals surface area contributed by atoms with E-state index in [1.165, 1.54) is 4.90 Å². The van der Waals surface area contributed by atoms with Crippen LogP contribution >= 0.6 is 11.6 Å². The van der Waals surface area contributed by atoms with Crippen LogP contribution in [0.25, 0.3) is 0 Å². The van der Waals surface area contributed by atoms with Gasteiger partial charge in [-0.3, -0.25) is 9.59 Å². The number of carbonyl (C=O) groups excluding carboxylic acids is 2. The van der Waals surface area contributed by atoms with Crippen LogP contribution in [0.3, 0.4) is 0 Å². The van der Waals surface area contributed by atoms with Crippen molar-refractivity contribution in [1.29, 1.82) is 5.26 Å². The molecule has 0 saturated heterocycles. The zero-order chi connectivity index (χ0) is 14.3. The number of halogens is 1. The number of benzene rings is 1. The fraction of sp³-hybridized carbons (Fsp3) is 0.308. The average molecular weight is 280 g/mol. The molecule has 0 aliphatic carbocycles. The molecule has 2 amide bonds. The fourth-order valence-corrected chi connectivity index (χ4v) is 1.60. The highest BCUT2D eigenvalue weighted by Crippen LogP contribution is 2.14. The summed E-state index contributed by atoms with van der Waals surface area (Å²) < 4.78 is 0. The van der Waals surface area contributed by atoms with E-state index in [1.807, 2.05) is 6.07 Å². The molecule has 0 spiro atoms. The van der Waals surface area contributed by atoms with Gasteiger partial charge in [-0.1, -0.05) is 23.7 Å². The zero-order valence-electron chi connectivity index (χ0n) is 10.5. The Hall–Kier alpha value is -2.06. The molecule has 100 valence electrons. The van der Waals surface area contributed by atoms with Crippen molar-refractivity contribution in [3.8, 4) is 6.07 Å². The lowest BCUT2D eigenvalue weighted by atomic mass is 10.2. The third-order valence-electron chi connectivity index (χ3n) is 2.50. The number of nitriles is 1. The largest absolute Gasteiger partial charge is 0.343 e. The predicted molar refractivity (Wildman–Crippen MR) is 71.7 cm³/mol. The summed E-state index contributed by atoms with van der Waals surface area (Å²) in [5, 5.41) is 11.3. The van der Waals surface area contributed by atoms with Crippen molar-refractivity contribution < 1.29 is 9.59 Å². The van der Waals surface area contributed by atoms with E-state index < -0.39 is 5.91 Å². The van der Waals surface area contributed by atoms with Crippen LogP contribution in [0.15, 0.2) is 24.3 Å². The zero-order valence-corrected chi connectivity index (χ0v) is 11.3. The Bertz CT molecular complexity index is 511. The lowest BCUT2D eigenvalue weighted by Crippen LogP contribution is -2.38. The van der Waals surface area contributed by atoms with Gasteiger partial charge in [0, 0.05) is 13.6 Å². The molecule has 1 N–H and O–H groups in total. The van der Waals surface area contributed by atoms with Gasteiger partial charge in [-0.2, -0.15) is 5.26 Å². The van der Waals surface area contributed by atoms with E-state index in [2.05, 4.69) is 5.32 Å². The van der Waals surface area contributed by atoms with Gasteiger partial charge in [0.1, 0.15) is 0 Å². The number of carbonyl (C=O) groups is 2. The van der Waals surface area contributed by atoms with Gasteiger partial charge in [-0.05, 0) is 12.1 Å². The second-order valence-electron chi connectivity index (χ2n) is 3.89. The highest BCUT2D eigenvalue weighted by atomic mass is 35.5. The van der Waals surface area contributed by atoms with Crippen molar-refractivity contribution >= 4 is 23.4 Å². The van der Waals surface area contributed by atoms with Crippen molar-refractivity contribution in [2.75, 3.05) is 20.1 Å². The van der Waals surface area contributed by atoms with E-state index in [4.69, 9.17) is 16.9 Å². The van der Waals surface area contributed by atoms with Crippen LogP contribution in [-0.2, 0) is 4.79 Å². The molecule has 1 aromatic carbocycles. The molecule has 0 saturated carbocycles. The van der Waals surface area contributed by atoms with E-state index in [0.717, 1.165) is 0 Å². The van der Waals surface area contributed by atoms with E-state index in [9.17, 15) is 9.59 Å². The van der Waals surface area contributed by atoms with Crippen LogP contribution in [0.4, 0.5) is 0 Å². The minimum absolute atomic E-state index is 0.119. The summed E-state index contributed by atoms with van der Waals surface area (Å²) >= 11 is 5.87. The van der Waals surface area contributed by atoms with Crippen molar-refractivity contribution in [2.45, 2.75) is 6.42 Å². The summed E-state index contributed by atoms with van der Waals surface area (Å²) in [6.07, 6.45) is 0.265. The van der Waals surface area contributed by atoms with Crippen LogP contribution in [0.1, 0.15) is 16.8 Å². The molecular weight excluding hydrogens is 266 g/mol. The average Bonchev–Trinajstić information content (AvgIpc) is 2.42. The topological polar surface area (TPSA) is 73.2 Å². The third-order valence-corrected chi connectivity index (χ3v) is 2.83. The molecule has 0 atom stereocenters. The van der Waals surface area contributed by atoms with Gasteiger partial charge in [-0.25, -0.2) is 0 Å². The summed E-state index contributed by atoms with van der Waals surface area (Å²) in [4.78, 5) is 24.8. The quantitative estimate of drug-likeness (QED) is 0.886. The number of hydrogen-bond acceptors (Lipinski definition) is 3. The Labute approximate surface area is 116 Å². The first-order valence-electron chi connectivity index (χ1n) is 5.70. The van der Waals surface area contributed by atoms with Crippen molar-refractivity contribution in [1.82, 2.24) is 10.2 Å². The first-order valence-corrected chi connectivity index (χ1v) is 6.07. The summed E-state index contributed by atoms with van der Waals surface area (Å²) in [5.74, 6) is -0.650.